The summed E-state index contributed by atoms with van der Waals surface area (Å²) >= 11 is 3.55. The predicted molar refractivity (Wildman–Crippen MR) is 92.0 cm³/mol. The van der Waals surface area contributed by atoms with Crippen LogP contribution in [0.15, 0.2) is 54.6 Å². The number of carbonyl (C=O) groups is 1. The summed E-state index contributed by atoms with van der Waals surface area (Å²) in [6.45, 7) is 2.04. The van der Waals surface area contributed by atoms with Crippen molar-refractivity contribution in [1.29, 1.82) is 0 Å². The molecular formula is C19H21BrO. The van der Waals surface area contributed by atoms with E-state index in [-0.39, 0.29) is 4.83 Å². The lowest BCUT2D eigenvalue weighted by atomic mass is 9.96. The van der Waals surface area contributed by atoms with Gasteiger partial charge in [-0.1, -0.05) is 77.5 Å². The molecule has 21 heavy (non-hydrogen) atoms. The van der Waals surface area contributed by atoms with E-state index < -0.39 is 0 Å². The molecule has 1 atom stereocenters. The molecule has 0 aliphatic carbocycles. The van der Waals surface area contributed by atoms with Crippen molar-refractivity contribution in [3.05, 3.63) is 71.3 Å². The Morgan fingerprint density at radius 2 is 1.62 bits per heavy atom. The van der Waals surface area contributed by atoms with Crippen LogP contribution in [0.4, 0.5) is 0 Å². The number of rotatable bonds is 7. The van der Waals surface area contributed by atoms with Crippen molar-refractivity contribution in [3.8, 4) is 0 Å². The third-order valence-electron chi connectivity index (χ3n) is 3.60. The summed E-state index contributed by atoms with van der Waals surface area (Å²) in [5.74, 6) is 0.298. The first-order valence-corrected chi connectivity index (χ1v) is 8.39. The second-order valence-electron chi connectivity index (χ2n) is 5.32. The van der Waals surface area contributed by atoms with E-state index >= 15 is 0 Å². The summed E-state index contributed by atoms with van der Waals surface area (Å²) in [6, 6.07) is 18.9. The first-order valence-electron chi connectivity index (χ1n) is 7.48. The van der Waals surface area contributed by atoms with Crippen LogP contribution in [0.5, 0.6) is 0 Å². The Morgan fingerprint density at radius 3 is 2.29 bits per heavy atom. The van der Waals surface area contributed by atoms with Gasteiger partial charge in [-0.2, -0.15) is 0 Å². The number of benzene rings is 2. The fourth-order valence-electron chi connectivity index (χ4n) is 2.45. The molecule has 110 valence electrons. The molecule has 0 aliphatic rings. The van der Waals surface area contributed by atoms with Crippen molar-refractivity contribution < 1.29 is 4.79 Å². The third kappa shape index (κ3) is 4.82. The normalized spacial score (nSPS) is 12.1. The zero-order chi connectivity index (χ0) is 15.1. The molecule has 0 N–H and O–H groups in total. The van der Waals surface area contributed by atoms with E-state index in [0.717, 1.165) is 19.3 Å². The number of hydrogen-bond acceptors (Lipinski definition) is 1. The number of alkyl halides is 1. The summed E-state index contributed by atoms with van der Waals surface area (Å²) in [6.07, 6.45) is 3.24. The van der Waals surface area contributed by atoms with Crippen molar-refractivity contribution in [2.45, 2.75) is 37.4 Å². The molecule has 0 aliphatic heterocycles. The molecule has 0 heterocycles. The Morgan fingerprint density at radius 1 is 1.00 bits per heavy atom. The molecule has 2 rings (SSSR count). The largest absolute Gasteiger partial charge is 0.298 e. The van der Waals surface area contributed by atoms with E-state index in [9.17, 15) is 4.79 Å². The van der Waals surface area contributed by atoms with Crippen LogP contribution in [0.1, 0.15) is 36.5 Å². The fraction of sp³-hybridized carbons (Fsp3) is 0.316. The first kappa shape index (κ1) is 16.0. The molecule has 2 aromatic carbocycles. The predicted octanol–water partition coefficient (Wildman–Crippen LogP) is 4.95. The third-order valence-corrected chi connectivity index (χ3v) is 4.44. The lowest BCUT2D eigenvalue weighted by Gasteiger charge is -2.13. The first-order chi connectivity index (χ1) is 10.2. The summed E-state index contributed by atoms with van der Waals surface area (Å²) in [5.41, 5.74) is 3.86. The Bertz CT molecular complexity index is 577. The van der Waals surface area contributed by atoms with E-state index in [0.29, 0.717) is 12.2 Å². The van der Waals surface area contributed by atoms with Gasteiger partial charge in [0.25, 0.3) is 0 Å². The maximum absolute atomic E-state index is 12.0. The molecule has 1 nitrogen and oxygen atoms in total. The quantitative estimate of drug-likeness (QED) is 0.649. The molecule has 0 radical (unpaired) electrons. The molecule has 0 saturated carbocycles. The van der Waals surface area contributed by atoms with E-state index in [2.05, 4.69) is 58.4 Å². The second-order valence-corrected chi connectivity index (χ2v) is 6.42. The van der Waals surface area contributed by atoms with Gasteiger partial charge in [0.15, 0.2) is 0 Å². The summed E-state index contributed by atoms with van der Waals surface area (Å²) < 4.78 is 0. The summed E-state index contributed by atoms with van der Waals surface area (Å²) in [4.78, 5) is 11.9. The Balaban J connectivity index is 2.12. The van der Waals surface area contributed by atoms with Crippen molar-refractivity contribution in [2.75, 3.05) is 0 Å². The average Bonchev–Trinajstić information content (AvgIpc) is 2.50. The van der Waals surface area contributed by atoms with Gasteiger partial charge in [0, 0.05) is 6.42 Å². The highest BCUT2D eigenvalue weighted by Crippen LogP contribution is 2.19. The van der Waals surface area contributed by atoms with Gasteiger partial charge in [0.05, 0.1) is 4.83 Å². The van der Waals surface area contributed by atoms with E-state index in [1.54, 1.807) is 0 Å². The Labute approximate surface area is 135 Å². The molecule has 2 aromatic rings. The lowest BCUT2D eigenvalue weighted by molar-refractivity contribution is -0.118. The lowest BCUT2D eigenvalue weighted by Crippen LogP contribution is -2.17. The Hall–Kier alpha value is -1.41. The average molecular weight is 345 g/mol. The van der Waals surface area contributed by atoms with Crippen LogP contribution in [0, 0.1) is 0 Å². The topological polar surface area (TPSA) is 17.1 Å². The molecule has 0 amide bonds. The molecule has 0 fully saturated rings. The minimum Gasteiger partial charge on any atom is -0.298 e. The highest BCUT2D eigenvalue weighted by atomic mass is 79.9. The molecule has 0 bridgehead atoms. The molecule has 0 saturated heterocycles. The number of carbonyl (C=O) groups excluding carboxylic acids is 1. The molecule has 0 aromatic heterocycles. The minimum atomic E-state index is -0.0747. The van der Waals surface area contributed by atoms with E-state index in [4.69, 9.17) is 0 Å². The van der Waals surface area contributed by atoms with E-state index in [1.165, 1.54) is 16.7 Å². The Kier molecular flexibility index (Phi) is 6.19. The van der Waals surface area contributed by atoms with Crippen LogP contribution in [0.25, 0.3) is 0 Å². The van der Waals surface area contributed by atoms with Gasteiger partial charge in [-0.3, -0.25) is 4.79 Å². The number of hydrogen-bond donors (Lipinski definition) is 0. The standard InChI is InChI=1S/C19H21BrO/c1-2-8-19(21)18(20)14-17-12-7-6-11-16(17)13-15-9-4-3-5-10-15/h3-7,9-12,18H,2,8,13-14H2,1H3. The van der Waals surface area contributed by atoms with Crippen LogP contribution in [0.3, 0.4) is 0 Å². The smallest absolute Gasteiger partial charge is 0.146 e. The van der Waals surface area contributed by atoms with Gasteiger partial charge in [-0.05, 0) is 36.0 Å². The van der Waals surface area contributed by atoms with Crippen molar-refractivity contribution >= 4 is 21.7 Å². The summed E-state index contributed by atoms with van der Waals surface area (Å²) in [5, 5.41) is 0. The van der Waals surface area contributed by atoms with Crippen molar-refractivity contribution in [3.63, 3.8) is 0 Å². The minimum absolute atomic E-state index is 0.0747. The van der Waals surface area contributed by atoms with Crippen LogP contribution < -0.4 is 0 Å². The SMILES string of the molecule is CCCC(=O)C(Br)Cc1ccccc1Cc1ccccc1. The number of halogens is 1. The number of ketones is 1. The van der Waals surface area contributed by atoms with Crippen LogP contribution >= 0.6 is 15.9 Å². The summed E-state index contributed by atoms with van der Waals surface area (Å²) in [7, 11) is 0. The van der Waals surface area contributed by atoms with Crippen LogP contribution in [-0.2, 0) is 17.6 Å². The maximum atomic E-state index is 12.0. The van der Waals surface area contributed by atoms with Crippen LogP contribution in [-0.4, -0.2) is 10.6 Å². The van der Waals surface area contributed by atoms with Gasteiger partial charge < -0.3 is 0 Å². The fourth-order valence-corrected chi connectivity index (χ4v) is 3.03. The monoisotopic (exact) mass is 344 g/mol. The maximum Gasteiger partial charge on any atom is 0.146 e. The van der Waals surface area contributed by atoms with Gasteiger partial charge >= 0.3 is 0 Å². The number of Topliss-reactive ketones (excluding diaryl/α,β-unsaturated/α-hetero) is 1. The van der Waals surface area contributed by atoms with E-state index in [1.807, 2.05) is 19.1 Å². The molecule has 2 heteroatoms. The zero-order valence-electron chi connectivity index (χ0n) is 12.4. The zero-order valence-corrected chi connectivity index (χ0v) is 14.0. The van der Waals surface area contributed by atoms with Gasteiger partial charge in [0.1, 0.15) is 5.78 Å². The highest BCUT2D eigenvalue weighted by molar-refractivity contribution is 9.10. The van der Waals surface area contributed by atoms with Gasteiger partial charge in [-0.15, -0.1) is 0 Å². The molecule has 1 unspecified atom stereocenters. The van der Waals surface area contributed by atoms with Crippen molar-refractivity contribution in [2.24, 2.45) is 0 Å². The van der Waals surface area contributed by atoms with Crippen LogP contribution in [0.2, 0.25) is 0 Å². The van der Waals surface area contributed by atoms with Gasteiger partial charge in [0.2, 0.25) is 0 Å². The second kappa shape index (κ2) is 8.14. The highest BCUT2D eigenvalue weighted by Gasteiger charge is 2.16. The van der Waals surface area contributed by atoms with Crippen molar-refractivity contribution in [1.82, 2.24) is 0 Å². The van der Waals surface area contributed by atoms with Gasteiger partial charge in [-0.25, -0.2) is 0 Å². The molecule has 0 spiro atoms. The molecular weight excluding hydrogens is 324 g/mol.